The summed E-state index contributed by atoms with van der Waals surface area (Å²) < 4.78 is 16.6. The zero-order valence-electron chi connectivity index (χ0n) is 14.8. The number of nitro groups is 1. The lowest BCUT2D eigenvalue weighted by Gasteiger charge is -2.15. The van der Waals surface area contributed by atoms with Gasteiger partial charge in [0.05, 0.1) is 16.6 Å². The van der Waals surface area contributed by atoms with E-state index in [9.17, 15) is 10.1 Å². The molecule has 0 spiro atoms. The Kier molecular flexibility index (Phi) is 7.47. The first-order valence-corrected chi connectivity index (χ1v) is 8.66. The molecule has 136 valence electrons. The lowest BCUT2D eigenvalue weighted by molar-refractivity contribution is -0.386. The van der Waals surface area contributed by atoms with Gasteiger partial charge in [-0.25, -0.2) is 0 Å². The van der Waals surface area contributed by atoms with Crippen LogP contribution < -0.4 is 9.47 Å². The third-order valence-corrected chi connectivity index (χ3v) is 3.91. The van der Waals surface area contributed by atoms with Gasteiger partial charge in [-0.15, -0.1) is 0 Å². The first kappa shape index (κ1) is 19.0. The Morgan fingerprint density at radius 2 is 2.00 bits per heavy atom. The van der Waals surface area contributed by atoms with Crippen molar-refractivity contribution in [1.82, 2.24) is 0 Å². The van der Waals surface area contributed by atoms with E-state index in [2.05, 4.69) is 6.92 Å². The Balaban J connectivity index is 2.24. The van der Waals surface area contributed by atoms with Crippen LogP contribution in [0.3, 0.4) is 0 Å². The summed E-state index contributed by atoms with van der Waals surface area (Å²) in [5.41, 5.74) is 0.457. The van der Waals surface area contributed by atoms with Gasteiger partial charge in [-0.2, -0.15) is 0 Å². The molecule has 25 heavy (non-hydrogen) atoms. The normalized spacial score (nSPS) is 14.5. The van der Waals surface area contributed by atoms with Crippen molar-refractivity contribution in [2.24, 2.45) is 0 Å². The summed E-state index contributed by atoms with van der Waals surface area (Å²) in [5, 5.41) is 11.5. The van der Waals surface area contributed by atoms with Gasteiger partial charge in [0.15, 0.2) is 11.5 Å². The third-order valence-electron chi connectivity index (χ3n) is 3.91. The second-order valence-electron chi connectivity index (χ2n) is 5.78. The maximum absolute atomic E-state index is 11.5. The van der Waals surface area contributed by atoms with Crippen LogP contribution in [0.1, 0.15) is 51.2 Å². The Bertz CT molecular complexity index is 639. The summed E-state index contributed by atoms with van der Waals surface area (Å²) in [4.78, 5) is 11.1. The van der Waals surface area contributed by atoms with Crippen molar-refractivity contribution >= 4 is 5.69 Å². The molecule has 1 aromatic carbocycles. The molecule has 0 bridgehead atoms. The fourth-order valence-corrected chi connectivity index (χ4v) is 2.60. The number of fused-ring (bicyclic) bond motifs is 1. The summed E-state index contributed by atoms with van der Waals surface area (Å²) in [7, 11) is 0. The molecule has 0 amide bonds. The molecule has 1 aliphatic rings. The van der Waals surface area contributed by atoms with E-state index in [0.717, 1.165) is 25.7 Å². The number of nitro benzene ring substituents is 1. The van der Waals surface area contributed by atoms with Crippen LogP contribution in [0.15, 0.2) is 36.4 Å². The van der Waals surface area contributed by atoms with Crippen LogP contribution in [0.5, 0.6) is 11.5 Å². The average Bonchev–Trinajstić information content (AvgIpc) is 3.06. The van der Waals surface area contributed by atoms with Gasteiger partial charge in [0.1, 0.15) is 6.10 Å². The van der Waals surface area contributed by atoms with Crippen molar-refractivity contribution in [1.29, 1.82) is 0 Å². The number of hydrogen-bond donors (Lipinski definition) is 0. The van der Waals surface area contributed by atoms with Crippen LogP contribution in [0.2, 0.25) is 0 Å². The molecule has 6 heteroatoms. The second kappa shape index (κ2) is 9.84. The van der Waals surface area contributed by atoms with Crippen LogP contribution in [0.25, 0.3) is 0 Å². The van der Waals surface area contributed by atoms with Gasteiger partial charge in [-0.1, -0.05) is 50.5 Å². The van der Waals surface area contributed by atoms with Crippen LogP contribution in [0.4, 0.5) is 5.69 Å². The number of ether oxygens (including phenoxy) is 3. The summed E-state index contributed by atoms with van der Waals surface area (Å²) in [6.45, 7) is 4.69. The molecule has 1 aliphatic heterocycles. The van der Waals surface area contributed by atoms with Gasteiger partial charge in [0.25, 0.3) is 5.69 Å². The highest BCUT2D eigenvalue weighted by molar-refractivity contribution is 5.56. The largest absolute Gasteiger partial charge is 0.454 e. The minimum atomic E-state index is -0.507. The van der Waals surface area contributed by atoms with Gasteiger partial charge in [-0.3, -0.25) is 10.1 Å². The zero-order valence-corrected chi connectivity index (χ0v) is 14.8. The van der Waals surface area contributed by atoms with Crippen molar-refractivity contribution in [2.45, 2.75) is 45.6 Å². The van der Waals surface area contributed by atoms with E-state index in [0.29, 0.717) is 23.7 Å². The van der Waals surface area contributed by atoms with Crippen LogP contribution in [0, 0.1) is 10.1 Å². The minimum Gasteiger partial charge on any atom is -0.454 e. The predicted octanol–water partition coefficient (Wildman–Crippen LogP) is 5.09. The third kappa shape index (κ3) is 5.32. The quantitative estimate of drug-likeness (QED) is 0.255. The topological polar surface area (TPSA) is 70.8 Å². The summed E-state index contributed by atoms with van der Waals surface area (Å²) in [6.07, 6.45) is 11.2. The number of allylic oxidation sites excluding steroid dienone is 3. The second-order valence-corrected chi connectivity index (χ2v) is 5.78. The standard InChI is InChI=1S/C19H25NO5/c1-3-5-7-9-11-23-17(10-8-6-4-2)15-12-18-19(25-14-24-18)13-16(15)20(21)22/h4,6,8,10,12-13,17H,3,5,7,9,11,14H2,1-2H3/b6-4+,10-8+. The lowest BCUT2D eigenvalue weighted by Crippen LogP contribution is -2.06. The van der Waals surface area contributed by atoms with Gasteiger partial charge < -0.3 is 14.2 Å². The monoisotopic (exact) mass is 347 g/mol. The molecule has 1 aromatic rings. The fraction of sp³-hybridized carbons (Fsp3) is 0.474. The predicted molar refractivity (Wildman–Crippen MR) is 96.0 cm³/mol. The Morgan fingerprint density at radius 1 is 1.24 bits per heavy atom. The SMILES string of the molecule is C/C=C/C=C/C(OCCCCCC)c1cc2c(cc1[N+](=O)[O-])OCO2. The molecule has 1 atom stereocenters. The summed E-state index contributed by atoms with van der Waals surface area (Å²) in [6, 6.07) is 3.06. The highest BCUT2D eigenvalue weighted by Crippen LogP contribution is 2.41. The molecule has 0 saturated heterocycles. The molecule has 6 nitrogen and oxygen atoms in total. The van der Waals surface area contributed by atoms with Gasteiger partial charge in [0.2, 0.25) is 6.79 Å². The van der Waals surface area contributed by atoms with Gasteiger partial charge >= 0.3 is 0 Å². The first-order chi connectivity index (χ1) is 12.2. The first-order valence-electron chi connectivity index (χ1n) is 8.66. The summed E-state index contributed by atoms with van der Waals surface area (Å²) >= 11 is 0. The molecule has 0 radical (unpaired) electrons. The molecule has 0 aliphatic carbocycles. The van der Waals surface area contributed by atoms with E-state index >= 15 is 0 Å². The fourth-order valence-electron chi connectivity index (χ4n) is 2.60. The molecular formula is C19H25NO5. The molecule has 0 aromatic heterocycles. The minimum absolute atomic E-state index is 0.0204. The molecule has 0 fully saturated rings. The zero-order chi connectivity index (χ0) is 18.1. The van der Waals surface area contributed by atoms with E-state index in [4.69, 9.17) is 14.2 Å². The van der Waals surface area contributed by atoms with E-state index in [-0.39, 0.29) is 12.5 Å². The highest BCUT2D eigenvalue weighted by atomic mass is 16.7. The highest BCUT2D eigenvalue weighted by Gasteiger charge is 2.27. The van der Waals surface area contributed by atoms with Crippen molar-refractivity contribution in [2.75, 3.05) is 13.4 Å². The maximum Gasteiger partial charge on any atom is 0.279 e. The molecule has 2 rings (SSSR count). The summed E-state index contributed by atoms with van der Waals surface area (Å²) in [5.74, 6) is 0.911. The smallest absolute Gasteiger partial charge is 0.279 e. The Labute approximate surface area is 148 Å². The molecule has 1 heterocycles. The van der Waals surface area contributed by atoms with E-state index in [1.54, 1.807) is 6.07 Å². The maximum atomic E-state index is 11.5. The molecule has 0 N–H and O–H groups in total. The molecule has 0 saturated carbocycles. The number of unbranched alkanes of at least 4 members (excludes halogenated alkanes) is 3. The molecular weight excluding hydrogens is 322 g/mol. The number of hydrogen-bond acceptors (Lipinski definition) is 5. The van der Waals surface area contributed by atoms with Gasteiger partial charge in [-0.05, 0) is 19.4 Å². The van der Waals surface area contributed by atoms with Crippen LogP contribution in [-0.4, -0.2) is 18.3 Å². The molecule has 1 unspecified atom stereocenters. The average molecular weight is 347 g/mol. The number of rotatable bonds is 10. The Hall–Kier alpha value is -2.34. The van der Waals surface area contributed by atoms with Crippen LogP contribution in [-0.2, 0) is 4.74 Å². The van der Waals surface area contributed by atoms with Crippen LogP contribution >= 0.6 is 0 Å². The van der Waals surface area contributed by atoms with Gasteiger partial charge in [0, 0.05) is 6.61 Å². The van der Waals surface area contributed by atoms with Crippen molar-refractivity contribution in [3.63, 3.8) is 0 Å². The van der Waals surface area contributed by atoms with E-state index in [1.165, 1.54) is 6.07 Å². The number of benzene rings is 1. The van der Waals surface area contributed by atoms with Crippen molar-refractivity contribution in [3.8, 4) is 11.5 Å². The number of nitrogens with zero attached hydrogens (tertiary/aromatic N) is 1. The van der Waals surface area contributed by atoms with E-state index < -0.39 is 11.0 Å². The van der Waals surface area contributed by atoms with Crippen molar-refractivity contribution < 1.29 is 19.1 Å². The van der Waals surface area contributed by atoms with Crippen molar-refractivity contribution in [3.05, 3.63) is 52.1 Å². The Morgan fingerprint density at radius 3 is 2.68 bits per heavy atom. The van der Waals surface area contributed by atoms with E-state index in [1.807, 2.05) is 31.2 Å². The lowest BCUT2D eigenvalue weighted by atomic mass is 10.0.